The predicted molar refractivity (Wildman–Crippen MR) is 532 cm³/mol. The van der Waals surface area contributed by atoms with Crippen LogP contribution < -0.4 is 10.9 Å². The molecule has 2 N–H and O–H groups in total. The average molecular weight is 1790 g/mol. The first-order valence-electron chi connectivity index (χ1n) is 41.8. The maximum absolute atomic E-state index is 9.55. The molecule has 0 aliphatic heterocycles. The number of para-hydroxylation sites is 4. The van der Waals surface area contributed by atoms with Crippen LogP contribution in [0.1, 0.15) is 5.56 Å². The molecule has 26 heteroatoms. The van der Waals surface area contributed by atoms with E-state index in [2.05, 4.69) is 154 Å². The van der Waals surface area contributed by atoms with E-state index in [1.807, 2.05) is 303 Å². The molecular weight excluding hydrogens is 1720 g/mol. The molecule has 0 saturated carbocycles. The van der Waals surface area contributed by atoms with Crippen LogP contribution in [0.3, 0.4) is 0 Å². The van der Waals surface area contributed by atoms with Crippen molar-refractivity contribution in [1.29, 1.82) is 0 Å². The van der Waals surface area contributed by atoms with Crippen molar-refractivity contribution in [3.8, 4) is 109 Å². The highest BCUT2D eigenvalue weighted by Crippen LogP contribution is 2.37. The standard InChI is InChI=1S/C28H20N4.C27H18BN4O.C27H18N4.C15H10ClN3.C6H6BO.C3Cl3N3/c1-19-16-17-25-23(18-19)22-14-8-9-15-24(22)32(25)28-30-26(20-10-4-2-5-11-20)29-27(31-28)21-12-6-3-7-13-21;33-28-20-15-16-24-22(17-20)21-13-7-8-14-23(21)32(24)27-30-25(18-9-3-1-4-10-18)29-26(31-27)19-11-5-2-6-12-19;1-3-11-19(12-4-1)25-28-26(20-13-5-2-6-14-20)30-27(29-25)31-23-17-9-7-15-21(23)22-16-8-10-18-24(22)31;16-15-18-13(11-7-3-1-4-8-11)17-14(19-15)12-9-5-2-6-10-12;8-7-6-4-2-1-3-5-6;4-1-7-2(5)9-3(6)8-1/h2-18H,1H3;1-17,33H;1-18H;1-10H;1-5,8H;. The minimum atomic E-state index is 0.000000000000000444. The largest absolute Gasteiger partial charge is 0.450 e. The zero-order chi connectivity index (χ0) is 90.1. The lowest BCUT2D eigenvalue weighted by Gasteiger charge is -2.10. The van der Waals surface area contributed by atoms with Gasteiger partial charge in [-0.15, -0.1) is 0 Å². The minimum Gasteiger partial charge on any atom is -0.450 e. The second-order valence-electron chi connectivity index (χ2n) is 29.7. The number of hydrogen-bond acceptors (Lipinski definition) is 17. The van der Waals surface area contributed by atoms with Gasteiger partial charge in [-0.25, -0.2) is 19.9 Å². The van der Waals surface area contributed by atoms with Crippen LogP contribution in [0.5, 0.6) is 0 Å². The number of hydrogen-bond donors (Lipinski definition) is 2. The van der Waals surface area contributed by atoms with Gasteiger partial charge in [-0.3, -0.25) is 13.7 Å². The third-order valence-electron chi connectivity index (χ3n) is 21.1. The van der Waals surface area contributed by atoms with E-state index in [0.29, 0.717) is 64.4 Å². The highest BCUT2D eigenvalue weighted by Gasteiger charge is 2.23. The van der Waals surface area contributed by atoms with Gasteiger partial charge in [0.1, 0.15) is 0 Å². The zero-order valence-corrected chi connectivity index (χ0v) is 73.3. The lowest BCUT2D eigenvalue weighted by molar-refractivity contribution is 0.615. The molecule has 0 aliphatic rings. The second-order valence-corrected chi connectivity index (χ2v) is 31.1. The maximum Gasteiger partial charge on any atom is 0.326 e. The minimum absolute atomic E-state index is 0.000000000000000444. The van der Waals surface area contributed by atoms with Crippen LogP contribution in [0.15, 0.2) is 406 Å². The van der Waals surface area contributed by atoms with Crippen LogP contribution in [-0.4, -0.2) is 113 Å². The summed E-state index contributed by atoms with van der Waals surface area (Å²) in [6.45, 7) is 2.12. The fraction of sp³-hybridized carbons (Fsp3) is 0.00943. The van der Waals surface area contributed by atoms with E-state index in [9.17, 15) is 5.02 Å². The van der Waals surface area contributed by atoms with Crippen LogP contribution in [0, 0.1) is 6.92 Å². The molecule has 0 amide bonds. The number of benzene rings is 15. The summed E-state index contributed by atoms with van der Waals surface area (Å²) in [7, 11) is 2.20. The van der Waals surface area contributed by atoms with E-state index in [-0.39, 0.29) is 21.1 Å². The third kappa shape index (κ3) is 20.0. The maximum atomic E-state index is 9.55. The van der Waals surface area contributed by atoms with Crippen molar-refractivity contribution in [2.24, 2.45) is 0 Å². The van der Waals surface area contributed by atoms with Crippen LogP contribution in [0.25, 0.3) is 174 Å². The first kappa shape index (κ1) is 86.7. The van der Waals surface area contributed by atoms with E-state index in [1.165, 1.54) is 27.1 Å². The molecule has 8 aromatic heterocycles. The quantitative estimate of drug-likeness (QED) is 0.102. The molecule has 2 radical (unpaired) electrons. The number of halogens is 4. The number of fused-ring (bicyclic) bond motifs is 9. The van der Waals surface area contributed by atoms with Gasteiger partial charge in [-0.05, 0) is 95.8 Å². The zero-order valence-electron chi connectivity index (χ0n) is 70.3. The third-order valence-corrected chi connectivity index (χ3v) is 21.8. The van der Waals surface area contributed by atoms with Gasteiger partial charge in [0.25, 0.3) is 0 Å². The molecule has 0 spiro atoms. The molecule has 0 atom stereocenters. The van der Waals surface area contributed by atoms with Gasteiger partial charge >= 0.3 is 15.0 Å². The van der Waals surface area contributed by atoms with Crippen LogP contribution in [0.4, 0.5) is 0 Å². The summed E-state index contributed by atoms with van der Waals surface area (Å²) in [5, 5.41) is 25.0. The fourth-order valence-corrected chi connectivity index (χ4v) is 15.8. The smallest absolute Gasteiger partial charge is 0.326 e. The molecule has 8 heterocycles. The molecule has 20 nitrogen and oxygen atoms in total. The van der Waals surface area contributed by atoms with Crippen LogP contribution >= 0.6 is 46.4 Å². The van der Waals surface area contributed by atoms with Crippen molar-refractivity contribution in [2.75, 3.05) is 0 Å². The molecule has 0 unspecified atom stereocenters. The second kappa shape index (κ2) is 40.9. The van der Waals surface area contributed by atoms with Gasteiger partial charge in [0.2, 0.25) is 39.0 Å². The van der Waals surface area contributed by atoms with E-state index >= 15 is 0 Å². The van der Waals surface area contributed by atoms with Gasteiger partial charge in [0.05, 0.1) is 33.1 Å². The van der Waals surface area contributed by atoms with E-state index < -0.39 is 0 Å². The predicted octanol–water partition coefficient (Wildman–Crippen LogP) is 23.1. The lowest BCUT2D eigenvalue weighted by Crippen LogP contribution is -2.12. The first-order valence-corrected chi connectivity index (χ1v) is 43.3. The van der Waals surface area contributed by atoms with Crippen LogP contribution in [-0.2, 0) is 0 Å². The van der Waals surface area contributed by atoms with Gasteiger partial charge in [-0.2, -0.15) is 54.8 Å². The van der Waals surface area contributed by atoms with Crippen molar-refractivity contribution in [2.45, 2.75) is 6.92 Å². The van der Waals surface area contributed by atoms with E-state index in [4.69, 9.17) is 96.3 Å². The van der Waals surface area contributed by atoms with Crippen molar-refractivity contribution in [1.82, 2.24) is 88.5 Å². The van der Waals surface area contributed by atoms with Crippen molar-refractivity contribution in [3.63, 3.8) is 0 Å². The number of aromatic nitrogens is 18. The first-order chi connectivity index (χ1) is 64.9. The molecular formula is C106H72B2Cl4N18O2. The summed E-state index contributed by atoms with van der Waals surface area (Å²) >= 11 is 21.9. The summed E-state index contributed by atoms with van der Waals surface area (Å²) in [5.74, 6) is 6.82. The van der Waals surface area contributed by atoms with Gasteiger partial charge < -0.3 is 10.0 Å². The van der Waals surface area contributed by atoms with Crippen molar-refractivity contribution in [3.05, 3.63) is 433 Å². The van der Waals surface area contributed by atoms with Crippen molar-refractivity contribution >= 4 is 138 Å². The normalized spacial score (nSPS) is 10.8. The highest BCUT2D eigenvalue weighted by atomic mass is 35.5. The molecule has 23 aromatic rings. The summed E-state index contributed by atoms with van der Waals surface area (Å²) in [6.07, 6.45) is 0. The van der Waals surface area contributed by atoms with Crippen LogP contribution in [0.2, 0.25) is 21.1 Å². The topological polar surface area (TPSA) is 249 Å². The Balaban J connectivity index is 0.000000112. The summed E-state index contributed by atoms with van der Waals surface area (Å²) in [6, 6.07) is 135. The molecule has 132 heavy (non-hydrogen) atoms. The van der Waals surface area contributed by atoms with E-state index in [0.717, 1.165) is 114 Å². The molecule has 0 bridgehead atoms. The number of rotatable bonds is 13. The van der Waals surface area contributed by atoms with Gasteiger partial charge in [-0.1, -0.05) is 380 Å². The van der Waals surface area contributed by atoms with Gasteiger partial charge in [0, 0.05) is 76.8 Å². The molecule has 0 saturated heterocycles. The van der Waals surface area contributed by atoms with Crippen molar-refractivity contribution < 1.29 is 10.0 Å². The molecule has 15 aromatic carbocycles. The van der Waals surface area contributed by atoms with E-state index in [1.54, 1.807) is 0 Å². The fourth-order valence-electron chi connectivity index (χ4n) is 15.0. The number of nitrogens with zero attached hydrogens (tertiary/aromatic N) is 18. The van der Waals surface area contributed by atoms with Gasteiger partial charge in [0.15, 0.2) is 46.6 Å². The molecule has 0 fully saturated rings. The molecule has 0 aliphatic carbocycles. The summed E-state index contributed by atoms with van der Waals surface area (Å²) in [4.78, 5) is 67.1. The Morgan fingerprint density at radius 3 is 0.652 bits per heavy atom. The Labute approximate surface area is 779 Å². The Morgan fingerprint density at radius 1 is 0.189 bits per heavy atom. The summed E-state index contributed by atoms with van der Waals surface area (Å²) < 4.78 is 6.34. The average Bonchev–Trinajstić information content (AvgIpc) is 1.60. The lowest BCUT2D eigenvalue weighted by atomic mass is 9.88. The number of aryl methyl sites for hydroxylation is 1. The summed E-state index contributed by atoms with van der Waals surface area (Å²) in [5.41, 5.74) is 16.6. The Morgan fingerprint density at radius 2 is 0.394 bits per heavy atom. The molecule has 632 valence electrons. The Bertz CT molecular complexity index is 7600. The molecule has 23 rings (SSSR count). The Hall–Kier alpha value is -16.0. The SMILES string of the molecule is Cc1ccc2c(c1)c1ccccc1n2-c1nc(-c2ccccc2)nc(-c2ccccc2)n1.Clc1nc(-c2ccccc2)nc(-c2ccccc2)n1.Clc1nc(Cl)nc(Cl)n1.O[B]c1ccc2c(c1)c1ccccc1n2-c1nc(-c2ccccc2)nc(-c2ccccc2)n1.O[B]c1ccccc1.c1ccc(-c2nc(-c3ccccc3)nc(-n3c4ccccc4c4ccccc43)n2)cc1. The monoisotopic (exact) mass is 1790 g/mol. The Kier molecular flexibility index (Phi) is 26.9. The highest BCUT2D eigenvalue weighted by molar-refractivity contribution is 6.46.